The van der Waals surface area contributed by atoms with Crippen molar-refractivity contribution in [3.05, 3.63) is 28.1 Å². The molecule has 2 aromatic heterocycles. The summed E-state index contributed by atoms with van der Waals surface area (Å²) in [5, 5.41) is 7.05. The molecule has 8 heteroatoms. The molecule has 2 aliphatic carbocycles. The number of aryl methyl sites for hydroxylation is 1. The molecule has 0 aromatic carbocycles. The van der Waals surface area contributed by atoms with Crippen molar-refractivity contribution in [1.29, 1.82) is 0 Å². The van der Waals surface area contributed by atoms with Gasteiger partial charge in [0.05, 0.1) is 12.3 Å². The molecule has 0 spiro atoms. The first-order valence-corrected chi connectivity index (χ1v) is 8.91. The first-order chi connectivity index (χ1) is 11.7. The SMILES string of the molecule is CCOC(=O)[C@@H]1CCc2sc(NC(=O)c3cc(C4CC4)on3)nc21. The van der Waals surface area contributed by atoms with Gasteiger partial charge in [-0.05, 0) is 32.6 Å². The number of thiazole rings is 1. The molecule has 2 aromatic rings. The number of fused-ring (bicyclic) bond motifs is 1. The Hall–Kier alpha value is -2.22. The molecular weight excluding hydrogens is 330 g/mol. The molecule has 2 heterocycles. The highest BCUT2D eigenvalue weighted by molar-refractivity contribution is 7.16. The van der Waals surface area contributed by atoms with Crippen LogP contribution in [0.5, 0.6) is 0 Å². The van der Waals surface area contributed by atoms with E-state index in [0.717, 1.165) is 42.0 Å². The van der Waals surface area contributed by atoms with Crippen molar-refractivity contribution in [2.24, 2.45) is 0 Å². The molecule has 0 aliphatic heterocycles. The number of carbonyl (C=O) groups is 2. The van der Waals surface area contributed by atoms with Crippen molar-refractivity contribution in [1.82, 2.24) is 10.1 Å². The number of hydrogen-bond acceptors (Lipinski definition) is 7. The largest absolute Gasteiger partial charge is 0.465 e. The van der Waals surface area contributed by atoms with Crippen LogP contribution in [-0.2, 0) is 16.0 Å². The van der Waals surface area contributed by atoms with Crippen LogP contribution in [0.15, 0.2) is 10.6 Å². The second-order valence-electron chi connectivity index (χ2n) is 6.01. The summed E-state index contributed by atoms with van der Waals surface area (Å²) >= 11 is 1.40. The van der Waals surface area contributed by atoms with Crippen LogP contribution in [0.3, 0.4) is 0 Å². The van der Waals surface area contributed by atoms with Gasteiger partial charge in [-0.15, -0.1) is 11.3 Å². The lowest BCUT2D eigenvalue weighted by Crippen LogP contribution is -2.15. The highest BCUT2D eigenvalue weighted by atomic mass is 32.1. The molecule has 2 aliphatic rings. The minimum atomic E-state index is -0.342. The molecule has 1 saturated carbocycles. The lowest BCUT2D eigenvalue weighted by Gasteiger charge is -2.07. The summed E-state index contributed by atoms with van der Waals surface area (Å²) in [6.07, 6.45) is 3.67. The Labute approximate surface area is 142 Å². The summed E-state index contributed by atoms with van der Waals surface area (Å²) in [5.74, 6) is 0.267. The Morgan fingerprint density at radius 2 is 2.25 bits per heavy atom. The van der Waals surface area contributed by atoms with Gasteiger partial charge in [0.15, 0.2) is 10.8 Å². The van der Waals surface area contributed by atoms with Gasteiger partial charge in [0, 0.05) is 16.9 Å². The summed E-state index contributed by atoms with van der Waals surface area (Å²) in [7, 11) is 0. The highest BCUT2D eigenvalue weighted by Gasteiger charge is 2.34. The van der Waals surface area contributed by atoms with Gasteiger partial charge in [0.2, 0.25) is 0 Å². The minimum Gasteiger partial charge on any atom is -0.465 e. The van der Waals surface area contributed by atoms with Gasteiger partial charge in [0.25, 0.3) is 5.91 Å². The molecule has 0 unspecified atom stereocenters. The summed E-state index contributed by atoms with van der Waals surface area (Å²) in [5.41, 5.74) is 0.988. The molecule has 1 N–H and O–H groups in total. The molecule has 4 rings (SSSR count). The fourth-order valence-corrected chi connectivity index (χ4v) is 3.90. The van der Waals surface area contributed by atoms with Crippen molar-refractivity contribution in [2.45, 2.75) is 44.4 Å². The van der Waals surface area contributed by atoms with E-state index in [1.54, 1.807) is 13.0 Å². The lowest BCUT2D eigenvalue weighted by molar-refractivity contribution is -0.145. The molecular formula is C16H17N3O4S. The van der Waals surface area contributed by atoms with Gasteiger partial charge in [0.1, 0.15) is 11.7 Å². The van der Waals surface area contributed by atoms with E-state index in [0.29, 0.717) is 17.7 Å². The van der Waals surface area contributed by atoms with Crippen molar-refractivity contribution < 1.29 is 18.8 Å². The third-order valence-electron chi connectivity index (χ3n) is 4.25. The molecule has 24 heavy (non-hydrogen) atoms. The van der Waals surface area contributed by atoms with E-state index < -0.39 is 0 Å². The molecule has 7 nitrogen and oxygen atoms in total. The molecule has 0 saturated heterocycles. The van der Waals surface area contributed by atoms with E-state index in [-0.39, 0.29) is 23.5 Å². The zero-order chi connectivity index (χ0) is 16.7. The number of anilines is 1. The second-order valence-corrected chi connectivity index (χ2v) is 7.10. The van der Waals surface area contributed by atoms with Crippen molar-refractivity contribution in [2.75, 3.05) is 11.9 Å². The highest BCUT2D eigenvalue weighted by Crippen LogP contribution is 2.41. The number of nitrogens with zero attached hydrogens (tertiary/aromatic N) is 2. The standard InChI is InChI=1S/C16H17N3O4S/c1-2-22-15(21)9-5-6-12-13(9)17-16(24-12)18-14(20)10-7-11(23-19-10)8-3-4-8/h7-9H,2-6H2,1H3,(H,17,18,20)/t9-/m1/s1. The zero-order valence-corrected chi connectivity index (χ0v) is 14.0. The van der Waals surface area contributed by atoms with E-state index >= 15 is 0 Å². The number of aromatic nitrogens is 2. The van der Waals surface area contributed by atoms with E-state index in [2.05, 4.69) is 15.5 Å². The number of amides is 1. The Morgan fingerprint density at radius 3 is 3.00 bits per heavy atom. The smallest absolute Gasteiger partial charge is 0.315 e. The average Bonchev–Trinajstić information content (AvgIpc) is 2.97. The third-order valence-corrected chi connectivity index (χ3v) is 5.30. The van der Waals surface area contributed by atoms with Crippen LogP contribution < -0.4 is 5.32 Å². The molecule has 0 radical (unpaired) electrons. The second kappa shape index (κ2) is 6.01. The normalized spacial score (nSPS) is 19.1. The van der Waals surface area contributed by atoms with Gasteiger partial charge >= 0.3 is 5.97 Å². The number of nitrogens with one attached hydrogen (secondary N) is 1. The fourth-order valence-electron chi connectivity index (χ4n) is 2.87. The van der Waals surface area contributed by atoms with Gasteiger partial charge in [-0.1, -0.05) is 5.16 Å². The quantitative estimate of drug-likeness (QED) is 0.836. The molecule has 126 valence electrons. The van der Waals surface area contributed by atoms with Crippen molar-refractivity contribution in [3.63, 3.8) is 0 Å². The monoisotopic (exact) mass is 347 g/mol. The van der Waals surface area contributed by atoms with E-state index in [1.165, 1.54) is 11.3 Å². The van der Waals surface area contributed by atoms with Crippen molar-refractivity contribution in [3.8, 4) is 0 Å². The Bertz CT molecular complexity index is 793. The molecule has 1 amide bonds. The number of hydrogen-bond donors (Lipinski definition) is 1. The van der Waals surface area contributed by atoms with E-state index in [4.69, 9.17) is 9.26 Å². The Balaban J connectivity index is 1.46. The van der Waals surface area contributed by atoms with Gasteiger partial charge in [-0.3, -0.25) is 14.9 Å². The number of ether oxygens (including phenoxy) is 1. The summed E-state index contributed by atoms with van der Waals surface area (Å²) in [4.78, 5) is 29.7. The van der Waals surface area contributed by atoms with Gasteiger partial charge < -0.3 is 9.26 Å². The van der Waals surface area contributed by atoms with Crippen LogP contribution in [0.2, 0.25) is 0 Å². The zero-order valence-electron chi connectivity index (χ0n) is 13.2. The van der Waals surface area contributed by atoms with Crippen LogP contribution in [0, 0.1) is 0 Å². The molecule has 1 atom stereocenters. The number of rotatable bonds is 5. The van der Waals surface area contributed by atoms with Crippen LogP contribution in [0.4, 0.5) is 5.13 Å². The topological polar surface area (TPSA) is 94.3 Å². The fraction of sp³-hybridized carbons (Fsp3) is 0.500. The maximum absolute atomic E-state index is 12.3. The number of esters is 1. The number of carbonyl (C=O) groups excluding carboxylic acids is 2. The van der Waals surface area contributed by atoms with Crippen LogP contribution in [0.25, 0.3) is 0 Å². The summed E-state index contributed by atoms with van der Waals surface area (Å²) < 4.78 is 10.3. The van der Waals surface area contributed by atoms with Crippen LogP contribution >= 0.6 is 11.3 Å². The summed E-state index contributed by atoms with van der Waals surface area (Å²) in [6, 6.07) is 1.69. The van der Waals surface area contributed by atoms with Gasteiger partial charge in [-0.25, -0.2) is 4.98 Å². The Kier molecular flexibility index (Phi) is 3.84. The lowest BCUT2D eigenvalue weighted by atomic mass is 10.1. The third kappa shape index (κ3) is 2.82. The van der Waals surface area contributed by atoms with Gasteiger partial charge in [-0.2, -0.15) is 0 Å². The first-order valence-electron chi connectivity index (χ1n) is 8.10. The van der Waals surface area contributed by atoms with Crippen LogP contribution in [-0.4, -0.2) is 28.6 Å². The predicted molar refractivity (Wildman–Crippen MR) is 86.2 cm³/mol. The predicted octanol–water partition coefficient (Wildman–Crippen LogP) is 2.85. The van der Waals surface area contributed by atoms with Crippen LogP contribution in [0.1, 0.15) is 64.8 Å². The summed E-state index contributed by atoms with van der Waals surface area (Å²) in [6.45, 7) is 2.14. The Morgan fingerprint density at radius 1 is 1.42 bits per heavy atom. The minimum absolute atomic E-state index is 0.245. The molecule has 1 fully saturated rings. The van der Waals surface area contributed by atoms with E-state index in [9.17, 15) is 9.59 Å². The molecule has 0 bridgehead atoms. The van der Waals surface area contributed by atoms with E-state index in [1.807, 2.05) is 0 Å². The average molecular weight is 347 g/mol. The first kappa shape index (κ1) is 15.3. The van der Waals surface area contributed by atoms with Crippen molar-refractivity contribution >= 4 is 28.3 Å². The maximum Gasteiger partial charge on any atom is 0.315 e. The maximum atomic E-state index is 12.3.